The summed E-state index contributed by atoms with van der Waals surface area (Å²) in [7, 11) is -2.10. The number of hydrogen-bond acceptors (Lipinski definition) is 6. The fourth-order valence-electron chi connectivity index (χ4n) is 2.71. The molecule has 0 heterocycles. The zero-order valence-electron chi connectivity index (χ0n) is 19.4. The number of carbonyl (C=O) groups is 1. The maximum absolute atomic E-state index is 13.7. The Kier molecular flexibility index (Phi) is 10.1. The fraction of sp³-hybridized carbons (Fsp3) is 0.591. The largest absolute Gasteiger partial charge is 0.497 e. The summed E-state index contributed by atoms with van der Waals surface area (Å²) in [6.07, 6.45) is 1.14. The Morgan fingerprint density at radius 3 is 2.03 bits per heavy atom. The number of methoxy groups -OCH3 is 1. The molecule has 0 fully saturated rings. The molecule has 1 aromatic rings. The van der Waals surface area contributed by atoms with Crippen LogP contribution < -0.4 is 4.74 Å². The molecule has 1 rings (SSSR count). The van der Waals surface area contributed by atoms with Gasteiger partial charge in [0, 0.05) is 0 Å². The Labute approximate surface area is 180 Å². The normalized spacial score (nSPS) is 12.8. The van der Waals surface area contributed by atoms with Crippen LogP contribution in [-0.4, -0.2) is 42.7 Å². The molecule has 0 saturated carbocycles. The van der Waals surface area contributed by atoms with E-state index in [-0.39, 0.29) is 19.8 Å². The van der Waals surface area contributed by atoms with Gasteiger partial charge in [-0.1, -0.05) is 23.8 Å². The minimum atomic E-state index is -3.69. The molecule has 0 N–H and O–H groups in total. The van der Waals surface area contributed by atoms with E-state index >= 15 is 0 Å². The van der Waals surface area contributed by atoms with Crippen molar-refractivity contribution in [3.63, 3.8) is 0 Å². The van der Waals surface area contributed by atoms with Crippen molar-refractivity contribution in [1.82, 2.24) is 4.90 Å². The molecule has 1 amide bonds. The van der Waals surface area contributed by atoms with Crippen molar-refractivity contribution >= 4 is 13.7 Å². The SMILES string of the molecule is CCOP(=O)(OCC)C(C=C(C)C)N(Cc1ccc(OC)cc1)C(=O)OC(C)(C)C. The van der Waals surface area contributed by atoms with E-state index in [1.54, 1.807) is 47.8 Å². The number of carbonyl (C=O) groups excluding carboxylic acids is 1. The van der Waals surface area contributed by atoms with Crippen LogP contribution in [0.4, 0.5) is 4.79 Å². The van der Waals surface area contributed by atoms with Crippen LogP contribution in [0.5, 0.6) is 5.75 Å². The molecule has 0 radical (unpaired) electrons. The van der Waals surface area contributed by atoms with Crippen molar-refractivity contribution in [2.45, 2.75) is 66.4 Å². The van der Waals surface area contributed by atoms with Crippen LogP contribution in [0.3, 0.4) is 0 Å². The standard InChI is InChI=1S/C22H36NO6P/c1-9-27-30(25,28-10-2)20(15-17(3)4)23(21(24)29-22(5,6)7)16-18-11-13-19(26-8)14-12-18/h11-15,20H,9-10,16H2,1-8H3. The first-order valence-electron chi connectivity index (χ1n) is 10.1. The van der Waals surface area contributed by atoms with E-state index < -0.39 is 25.1 Å². The van der Waals surface area contributed by atoms with E-state index in [9.17, 15) is 9.36 Å². The van der Waals surface area contributed by atoms with Crippen LogP contribution in [0.15, 0.2) is 35.9 Å². The predicted molar refractivity (Wildman–Crippen MR) is 119 cm³/mol. The lowest BCUT2D eigenvalue weighted by Crippen LogP contribution is -2.42. The molecule has 0 aliphatic heterocycles. The molecule has 0 aliphatic carbocycles. The number of benzene rings is 1. The van der Waals surface area contributed by atoms with Gasteiger partial charge in [-0.2, -0.15) is 0 Å². The molecular formula is C22H36NO6P. The second-order valence-electron chi connectivity index (χ2n) is 7.99. The number of nitrogens with zero attached hydrogens (tertiary/aromatic N) is 1. The van der Waals surface area contributed by atoms with Crippen LogP contribution in [0.2, 0.25) is 0 Å². The summed E-state index contributed by atoms with van der Waals surface area (Å²) in [6, 6.07) is 7.32. The molecule has 0 spiro atoms. The highest BCUT2D eigenvalue weighted by Crippen LogP contribution is 2.55. The summed E-state index contributed by atoms with van der Waals surface area (Å²) in [6.45, 7) is 13.1. The van der Waals surface area contributed by atoms with Gasteiger partial charge < -0.3 is 18.5 Å². The highest BCUT2D eigenvalue weighted by atomic mass is 31.2. The maximum atomic E-state index is 13.7. The monoisotopic (exact) mass is 441 g/mol. The van der Waals surface area contributed by atoms with Gasteiger partial charge in [-0.25, -0.2) is 4.79 Å². The average molecular weight is 442 g/mol. The maximum Gasteiger partial charge on any atom is 0.411 e. The molecule has 1 aromatic carbocycles. The molecule has 8 heteroatoms. The molecule has 1 atom stereocenters. The van der Waals surface area contributed by atoms with Crippen molar-refractivity contribution in [1.29, 1.82) is 0 Å². The van der Waals surface area contributed by atoms with Crippen LogP contribution in [0, 0.1) is 0 Å². The van der Waals surface area contributed by atoms with Gasteiger partial charge in [0.15, 0.2) is 5.78 Å². The summed E-state index contributed by atoms with van der Waals surface area (Å²) >= 11 is 0. The van der Waals surface area contributed by atoms with Gasteiger partial charge in [0.1, 0.15) is 11.4 Å². The number of allylic oxidation sites excluding steroid dienone is 1. The Hall–Kier alpha value is -1.82. The minimum absolute atomic E-state index is 0.164. The van der Waals surface area contributed by atoms with Crippen molar-refractivity contribution < 1.29 is 27.9 Å². The van der Waals surface area contributed by atoms with Crippen molar-refractivity contribution in [2.75, 3.05) is 20.3 Å². The van der Waals surface area contributed by atoms with Crippen LogP contribution >= 0.6 is 7.60 Å². The predicted octanol–water partition coefficient (Wildman–Crippen LogP) is 5.99. The summed E-state index contributed by atoms with van der Waals surface area (Å²) in [5.74, 6) is -0.225. The second-order valence-corrected chi connectivity index (χ2v) is 10.1. The molecule has 0 aromatic heterocycles. The minimum Gasteiger partial charge on any atom is -0.497 e. The van der Waals surface area contributed by atoms with E-state index in [1.165, 1.54) is 4.90 Å². The second kappa shape index (κ2) is 11.5. The van der Waals surface area contributed by atoms with Gasteiger partial charge in [0.05, 0.1) is 26.9 Å². The Bertz CT molecular complexity index is 740. The summed E-state index contributed by atoms with van der Waals surface area (Å²) in [5.41, 5.74) is 0.989. The Balaban J connectivity index is 3.47. The number of hydrogen-bond donors (Lipinski definition) is 0. The van der Waals surface area contributed by atoms with Gasteiger partial charge in [0.2, 0.25) is 0 Å². The van der Waals surface area contributed by atoms with Gasteiger partial charge in [-0.3, -0.25) is 9.46 Å². The third kappa shape index (κ3) is 8.13. The van der Waals surface area contributed by atoms with Crippen molar-refractivity contribution in [3.05, 3.63) is 41.5 Å². The van der Waals surface area contributed by atoms with E-state index in [1.807, 2.05) is 38.1 Å². The van der Waals surface area contributed by atoms with Crippen LogP contribution in [-0.2, 0) is 24.9 Å². The van der Waals surface area contributed by atoms with E-state index in [4.69, 9.17) is 18.5 Å². The molecular weight excluding hydrogens is 405 g/mol. The lowest BCUT2D eigenvalue weighted by molar-refractivity contribution is 0.0203. The smallest absolute Gasteiger partial charge is 0.411 e. The molecule has 7 nitrogen and oxygen atoms in total. The zero-order chi connectivity index (χ0) is 22.9. The molecule has 0 aliphatic rings. The van der Waals surface area contributed by atoms with Gasteiger partial charge in [-0.15, -0.1) is 0 Å². The number of amides is 1. The van der Waals surface area contributed by atoms with Crippen molar-refractivity contribution in [3.8, 4) is 5.75 Å². The van der Waals surface area contributed by atoms with E-state index in [0.717, 1.165) is 11.1 Å². The highest BCUT2D eigenvalue weighted by Gasteiger charge is 2.42. The summed E-state index contributed by atoms with van der Waals surface area (Å²) < 4.78 is 35.7. The first-order valence-corrected chi connectivity index (χ1v) is 11.7. The number of ether oxygens (including phenoxy) is 2. The molecule has 170 valence electrons. The zero-order valence-corrected chi connectivity index (χ0v) is 20.3. The number of rotatable bonds is 10. The third-order valence-corrected chi connectivity index (χ3v) is 6.20. The molecule has 0 bridgehead atoms. The first-order chi connectivity index (χ1) is 14.0. The third-order valence-electron chi connectivity index (χ3n) is 3.88. The lowest BCUT2D eigenvalue weighted by Gasteiger charge is -2.35. The van der Waals surface area contributed by atoms with Gasteiger partial charge in [0.25, 0.3) is 0 Å². The Morgan fingerprint density at radius 2 is 1.63 bits per heavy atom. The van der Waals surface area contributed by atoms with Crippen LogP contribution in [0.1, 0.15) is 54.0 Å². The van der Waals surface area contributed by atoms with E-state index in [0.29, 0.717) is 5.75 Å². The summed E-state index contributed by atoms with van der Waals surface area (Å²) in [4.78, 5) is 14.6. The molecule has 0 saturated heterocycles. The van der Waals surface area contributed by atoms with Crippen molar-refractivity contribution in [2.24, 2.45) is 0 Å². The quantitative estimate of drug-likeness (QED) is 0.328. The topological polar surface area (TPSA) is 74.3 Å². The highest BCUT2D eigenvalue weighted by molar-refractivity contribution is 7.54. The molecule has 30 heavy (non-hydrogen) atoms. The summed E-state index contributed by atoms with van der Waals surface area (Å²) in [5, 5.41) is 0. The lowest BCUT2D eigenvalue weighted by atomic mass is 10.2. The average Bonchev–Trinajstić information content (AvgIpc) is 2.63. The molecule has 1 unspecified atom stereocenters. The van der Waals surface area contributed by atoms with Gasteiger partial charge in [-0.05, 0) is 66.2 Å². The van der Waals surface area contributed by atoms with E-state index in [2.05, 4.69) is 0 Å². The fourth-order valence-corrected chi connectivity index (χ4v) is 4.81. The van der Waals surface area contributed by atoms with Crippen LogP contribution in [0.25, 0.3) is 0 Å². The Morgan fingerprint density at radius 1 is 1.10 bits per heavy atom. The van der Waals surface area contributed by atoms with Gasteiger partial charge >= 0.3 is 13.7 Å². The first kappa shape index (κ1) is 26.2.